The van der Waals surface area contributed by atoms with Crippen molar-refractivity contribution in [3.63, 3.8) is 0 Å². The van der Waals surface area contributed by atoms with Gasteiger partial charge in [-0.15, -0.1) is 11.6 Å². The third kappa shape index (κ3) is 2.68. The van der Waals surface area contributed by atoms with Gasteiger partial charge in [0.25, 0.3) is 0 Å². The summed E-state index contributed by atoms with van der Waals surface area (Å²) in [5.74, 6) is -4.60. The summed E-state index contributed by atoms with van der Waals surface area (Å²) < 4.78 is 67.4. The zero-order valence-electron chi connectivity index (χ0n) is 9.49. The maximum Gasteiger partial charge on any atom is 0.455 e. The van der Waals surface area contributed by atoms with Crippen LogP contribution >= 0.6 is 11.6 Å². The number of rotatable bonds is 3. The Morgan fingerprint density at radius 3 is 2.11 bits per heavy atom. The van der Waals surface area contributed by atoms with E-state index in [1.807, 2.05) is 0 Å². The maximum absolute atomic E-state index is 13.0. The van der Waals surface area contributed by atoms with Crippen LogP contribution in [0.4, 0.5) is 22.0 Å². The average molecular weight is 289 g/mol. The Bertz CT molecular complexity index is 430. The standard InChI is InChI=1S/C11H10ClF5O/c1-6-5-7(3-4-8(6)18-2)9(12)10(13,14)11(15,16)17/h3-5,9H,1-2H3. The van der Waals surface area contributed by atoms with E-state index in [0.717, 1.165) is 12.1 Å². The zero-order valence-corrected chi connectivity index (χ0v) is 10.2. The molecule has 0 saturated carbocycles. The maximum atomic E-state index is 13.0. The van der Waals surface area contributed by atoms with Crippen LogP contribution in [0.1, 0.15) is 16.5 Å². The predicted molar refractivity (Wildman–Crippen MR) is 57.3 cm³/mol. The van der Waals surface area contributed by atoms with Crippen molar-refractivity contribution in [3.05, 3.63) is 29.3 Å². The molecule has 0 spiro atoms. The van der Waals surface area contributed by atoms with Gasteiger partial charge >= 0.3 is 12.1 Å². The van der Waals surface area contributed by atoms with E-state index >= 15 is 0 Å². The number of aryl methyl sites for hydroxylation is 1. The summed E-state index contributed by atoms with van der Waals surface area (Å²) in [5, 5.41) is -2.47. The highest BCUT2D eigenvalue weighted by atomic mass is 35.5. The fourth-order valence-electron chi connectivity index (χ4n) is 1.41. The van der Waals surface area contributed by atoms with Crippen LogP contribution in [0.2, 0.25) is 0 Å². The molecule has 0 saturated heterocycles. The van der Waals surface area contributed by atoms with Gasteiger partial charge in [-0.1, -0.05) is 12.1 Å². The molecule has 1 aromatic rings. The van der Waals surface area contributed by atoms with Gasteiger partial charge in [0, 0.05) is 0 Å². The first-order valence-corrected chi connectivity index (χ1v) is 5.28. The zero-order chi connectivity index (χ0) is 14.1. The van der Waals surface area contributed by atoms with Crippen molar-refractivity contribution in [2.45, 2.75) is 24.4 Å². The molecule has 0 bridgehead atoms. The molecule has 102 valence electrons. The van der Waals surface area contributed by atoms with E-state index in [2.05, 4.69) is 0 Å². The lowest BCUT2D eigenvalue weighted by Crippen LogP contribution is -2.40. The summed E-state index contributed by atoms with van der Waals surface area (Å²) in [6.07, 6.45) is -5.69. The largest absolute Gasteiger partial charge is 0.496 e. The van der Waals surface area contributed by atoms with E-state index in [9.17, 15) is 22.0 Å². The highest BCUT2D eigenvalue weighted by Gasteiger charge is 2.62. The summed E-state index contributed by atoms with van der Waals surface area (Å²) in [5.41, 5.74) is 0.121. The van der Waals surface area contributed by atoms with Gasteiger partial charge < -0.3 is 4.74 Å². The molecule has 1 atom stereocenters. The van der Waals surface area contributed by atoms with E-state index in [1.54, 1.807) is 0 Å². The van der Waals surface area contributed by atoms with E-state index in [4.69, 9.17) is 16.3 Å². The fourth-order valence-corrected chi connectivity index (χ4v) is 1.67. The van der Waals surface area contributed by atoms with Gasteiger partial charge in [-0.25, -0.2) is 0 Å². The molecular weight excluding hydrogens is 279 g/mol. The Morgan fingerprint density at radius 2 is 1.72 bits per heavy atom. The number of hydrogen-bond acceptors (Lipinski definition) is 1. The summed E-state index contributed by atoms with van der Waals surface area (Å²) >= 11 is 5.24. The average Bonchev–Trinajstić information content (AvgIpc) is 2.26. The lowest BCUT2D eigenvalue weighted by molar-refractivity contribution is -0.283. The van der Waals surface area contributed by atoms with Crippen molar-refractivity contribution in [3.8, 4) is 5.75 Å². The van der Waals surface area contributed by atoms with Crippen LogP contribution in [0.5, 0.6) is 5.75 Å². The van der Waals surface area contributed by atoms with E-state index in [1.165, 1.54) is 20.1 Å². The molecule has 0 heterocycles. The number of halogens is 6. The first-order valence-electron chi connectivity index (χ1n) is 4.84. The van der Waals surface area contributed by atoms with Crippen LogP contribution < -0.4 is 4.74 Å². The number of ether oxygens (including phenoxy) is 1. The molecule has 7 heteroatoms. The van der Waals surface area contributed by atoms with Gasteiger partial charge in [0.15, 0.2) is 0 Å². The summed E-state index contributed by atoms with van der Waals surface area (Å²) in [6, 6.07) is 3.53. The second kappa shape index (κ2) is 4.91. The Kier molecular flexibility index (Phi) is 4.10. The van der Waals surface area contributed by atoms with Gasteiger partial charge in [0.2, 0.25) is 0 Å². The second-order valence-electron chi connectivity index (χ2n) is 3.71. The molecule has 0 N–H and O–H groups in total. The minimum atomic E-state index is -5.69. The minimum Gasteiger partial charge on any atom is -0.496 e. The van der Waals surface area contributed by atoms with Gasteiger partial charge in [-0.05, 0) is 24.1 Å². The monoisotopic (exact) mass is 288 g/mol. The summed E-state index contributed by atoms with van der Waals surface area (Å²) in [4.78, 5) is 0. The smallest absolute Gasteiger partial charge is 0.455 e. The lowest BCUT2D eigenvalue weighted by Gasteiger charge is -2.24. The van der Waals surface area contributed by atoms with E-state index < -0.39 is 17.5 Å². The summed E-state index contributed by atoms with van der Waals surface area (Å²) in [6.45, 7) is 1.53. The van der Waals surface area contributed by atoms with Crippen molar-refractivity contribution in [2.75, 3.05) is 7.11 Å². The van der Waals surface area contributed by atoms with Crippen molar-refractivity contribution in [1.82, 2.24) is 0 Å². The van der Waals surface area contributed by atoms with E-state index in [0.29, 0.717) is 11.3 Å². The van der Waals surface area contributed by atoms with Crippen molar-refractivity contribution in [2.24, 2.45) is 0 Å². The molecule has 1 unspecified atom stereocenters. The molecule has 0 aromatic heterocycles. The Labute approximate surface area is 106 Å². The normalized spacial score (nSPS) is 14.4. The molecule has 1 aromatic carbocycles. The van der Waals surface area contributed by atoms with Crippen molar-refractivity contribution < 1.29 is 26.7 Å². The van der Waals surface area contributed by atoms with Crippen LogP contribution in [-0.4, -0.2) is 19.2 Å². The Balaban J connectivity index is 3.12. The SMILES string of the molecule is COc1ccc(C(Cl)C(F)(F)C(F)(F)F)cc1C. The molecule has 0 aliphatic carbocycles. The van der Waals surface area contributed by atoms with Crippen molar-refractivity contribution >= 4 is 11.6 Å². The van der Waals surface area contributed by atoms with Crippen LogP contribution in [0, 0.1) is 6.92 Å². The van der Waals surface area contributed by atoms with Crippen molar-refractivity contribution in [1.29, 1.82) is 0 Å². The number of alkyl halides is 6. The number of hydrogen-bond donors (Lipinski definition) is 0. The lowest BCUT2D eigenvalue weighted by atomic mass is 10.0. The molecule has 0 aliphatic heterocycles. The molecule has 0 aliphatic rings. The highest BCUT2D eigenvalue weighted by molar-refractivity contribution is 6.21. The van der Waals surface area contributed by atoms with Gasteiger partial charge in [-0.2, -0.15) is 22.0 Å². The topological polar surface area (TPSA) is 9.23 Å². The van der Waals surface area contributed by atoms with E-state index in [-0.39, 0.29) is 5.56 Å². The highest BCUT2D eigenvalue weighted by Crippen LogP contribution is 2.48. The fraction of sp³-hybridized carbons (Fsp3) is 0.455. The Hall–Kier alpha value is -1.04. The molecule has 0 radical (unpaired) electrons. The molecule has 0 amide bonds. The number of benzene rings is 1. The third-order valence-corrected chi connectivity index (χ3v) is 2.93. The van der Waals surface area contributed by atoms with Crippen LogP contribution in [0.25, 0.3) is 0 Å². The number of methoxy groups -OCH3 is 1. The minimum absolute atomic E-state index is 0.308. The van der Waals surface area contributed by atoms with Crippen LogP contribution in [0.15, 0.2) is 18.2 Å². The predicted octanol–water partition coefficient (Wildman–Crippen LogP) is 4.48. The third-order valence-electron chi connectivity index (χ3n) is 2.41. The Morgan fingerprint density at radius 1 is 1.17 bits per heavy atom. The first-order chi connectivity index (χ1) is 8.11. The van der Waals surface area contributed by atoms with Gasteiger partial charge in [0.1, 0.15) is 11.1 Å². The molecule has 1 nitrogen and oxygen atoms in total. The molecule has 1 rings (SSSR count). The molecule has 18 heavy (non-hydrogen) atoms. The first kappa shape index (κ1) is 15.0. The molecular formula is C11H10ClF5O. The summed E-state index contributed by atoms with van der Waals surface area (Å²) in [7, 11) is 1.37. The van der Waals surface area contributed by atoms with Crippen LogP contribution in [-0.2, 0) is 0 Å². The second-order valence-corrected chi connectivity index (χ2v) is 4.15. The van der Waals surface area contributed by atoms with Gasteiger partial charge in [0.05, 0.1) is 7.11 Å². The van der Waals surface area contributed by atoms with Gasteiger partial charge in [-0.3, -0.25) is 0 Å². The molecule has 0 fully saturated rings. The quantitative estimate of drug-likeness (QED) is 0.588. The van der Waals surface area contributed by atoms with Crippen LogP contribution in [0.3, 0.4) is 0 Å².